The van der Waals surface area contributed by atoms with Gasteiger partial charge < -0.3 is 19.4 Å². The number of benzene rings is 2. The van der Waals surface area contributed by atoms with Crippen LogP contribution in [0.15, 0.2) is 52.1 Å². The number of nitrogens with zero attached hydrogens (tertiary/aromatic N) is 3. The van der Waals surface area contributed by atoms with Crippen molar-refractivity contribution in [3.05, 3.63) is 58.6 Å². The molecule has 32 heavy (non-hydrogen) atoms. The Bertz CT molecular complexity index is 1090. The summed E-state index contributed by atoms with van der Waals surface area (Å²) in [6.45, 7) is 5.90. The molecule has 1 amide bonds. The second-order valence-corrected chi connectivity index (χ2v) is 9.06. The molecule has 0 aliphatic carbocycles. The minimum absolute atomic E-state index is 0.0471. The molecule has 0 saturated heterocycles. The highest BCUT2D eigenvalue weighted by Crippen LogP contribution is 2.29. The minimum atomic E-state index is -0.506. The second kappa shape index (κ2) is 10.8. The van der Waals surface area contributed by atoms with Gasteiger partial charge in [-0.2, -0.15) is 0 Å². The van der Waals surface area contributed by atoms with Gasteiger partial charge in [0.1, 0.15) is 17.3 Å². The average molecular weight is 523 g/mol. The maximum absolute atomic E-state index is 14.0. The van der Waals surface area contributed by atoms with E-state index in [1.54, 1.807) is 19.2 Å². The highest BCUT2D eigenvalue weighted by atomic mass is 79.9. The van der Waals surface area contributed by atoms with Crippen LogP contribution in [0.2, 0.25) is 0 Å². The van der Waals surface area contributed by atoms with Crippen molar-refractivity contribution < 1.29 is 18.7 Å². The highest BCUT2D eigenvalue weighted by Gasteiger charge is 2.22. The number of amides is 1. The highest BCUT2D eigenvalue weighted by molar-refractivity contribution is 9.10. The van der Waals surface area contributed by atoms with Crippen LogP contribution in [0.4, 0.5) is 10.1 Å². The second-order valence-electron chi connectivity index (χ2n) is 7.20. The van der Waals surface area contributed by atoms with E-state index in [4.69, 9.17) is 9.47 Å². The summed E-state index contributed by atoms with van der Waals surface area (Å²) in [5.74, 6) is 1.21. The molecular formula is C22H24BrFN4O3S. The summed E-state index contributed by atoms with van der Waals surface area (Å²) in [6.07, 6.45) is -0.378. The smallest absolute Gasteiger partial charge is 0.234 e. The number of nitrogens with one attached hydrogen (secondary N) is 1. The molecule has 1 aromatic heterocycles. The number of carbonyl (C=O) groups is 1. The maximum atomic E-state index is 14.0. The van der Waals surface area contributed by atoms with Crippen LogP contribution in [0.25, 0.3) is 0 Å². The summed E-state index contributed by atoms with van der Waals surface area (Å²) in [6, 6.07) is 11.9. The van der Waals surface area contributed by atoms with Gasteiger partial charge in [0.25, 0.3) is 0 Å². The fourth-order valence-electron chi connectivity index (χ4n) is 2.99. The fourth-order valence-corrected chi connectivity index (χ4v) is 4.20. The Morgan fingerprint density at radius 3 is 2.62 bits per heavy atom. The van der Waals surface area contributed by atoms with E-state index in [-0.39, 0.29) is 29.5 Å². The maximum Gasteiger partial charge on any atom is 0.234 e. The number of halogens is 2. The number of aromatic nitrogens is 3. The lowest BCUT2D eigenvalue weighted by Gasteiger charge is -2.19. The molecule has 3 aromatic rings. The summed E-state index contributed by atoms with van der Waals surface area (Å²) >= 11 is 4.43. The third kappa shape index (κ3) is 6.01. The van der Waals surface area contributed by atoms with Gasteiger partial charge >= 0.3 is 0 Å². The van der Waals surface area contributed by atoms with E-state index in [2.05, 4.69) is 31.4 Å². The van der Waals surface area contributed by atoms with Gasteiger partial charge in [-0.15, -0.1) is 10.2 Å². The van der Waals surface area contributed by atoms with Crippen LogP contribution in [0.5, 0.6) is 11.5 Å². The van der Waals surface area contributed by atoms with Crippen molar-refractivity contribution in [2.45, 2.75) is 38.1 Å². The summed E-state index contributed by atoms with van der Waals surface area (Å²) < 4.78 is 27.8. The van der Waals surface area contributed by atoms with Gasteiger partial charge in [0, 0.05) is 16.6 Å². The molecule has 3 rings (SSSR count). The first kappa shape index (κ1) is 24.1. The normalized spacial score (nSPS) is 12.0. The Balaban J connectivity index is 1.69. The zero-order valence-corrected chi connectivity index (χ0v) is 20.5. The number of thioether (sulfide) groups is 1. The van der Waals surface area contributed by atoms with Crippen LogP contribution in [0.3, 0.4) is 0 Å². The van der Waals surface area contributed by atoms with Crippen LogP contribution in [-0.4, -0.2) is 33.5 Å². The predicted molar refractivity (Wildman–Crippen MR) is 126 cm³/mol. The van der Waals surface area contributed by atoms with Crippen molar-refractivity contribution in [2.75, 3.05) is 18.2 Å². The Morgan fingerprint density at radius 1 is 1.19 bits per heavy atom. The first-order valence-electron chi connectivity index (χ1n) is 9.91. The Kier molecular flexibility index (Phi) is 8.14. The minimum Gasteiger partial charge on any atom is -0.497 e. The molecule has 0 saturated carbocycles. The molecule has 10 heteroatoms. The Labute approximate surface area is 198 Å². The molecule has 7 nitrogen and oxygen atoms in total. The number of carbonyl (C=O) groups excluding carboxylic acids is 1. The van der Waals surface area contributed by atoms with E-state index in [0.717, 1.165) is 0 Å². The summed E-state index contributed by atoms with van der Waals surface area (Å²) in [5, 5.41) is 11.7. The molecule has 1 N–H and O–H groups in total. The van der Waals surface area contributed by atoms with E-state index in [9.17, 15) is 9.18 Å². The molecule has 0 radical (unpaired) electrons. The molecule has 0 aliphatic heterocycles. The van der Waals surface area contributed by atoms with E-state index in [1.807, 2.05) is 43.5 Å². The first-order valence-corrected chi connectivity index (χ1v) is 11.7. The standard InChI is InChI=1S/C22H24BrFN4O3S/c1-13(2)28-21(14(3)31-17-7-5-6-16(11-17)30-4)26-27-22(28)32-12-20(29)25-19-9-8-15(23)10-18(19)24/h5-11,13-14H,12H2,1-4H3,(H,25,29). The van der Waals surface area contributed by atoms with Gasteiger partial charge in [0.2, 0.25) is 5.91 Å². The van der Waals surface area contributed by atoms with Gasteiger partial charge in [0.05, 0.1) is 18.6 Å². The van der Waals surface area contributed by atoms with Crippen molar-refractivity contribution >= 4 is 39.3 Å². The first-order chi connectivity index (χ1) is 15.3. The lowest BCUT2D eigenvalue weighted by atomic mass is 10.3. The van der Waals surface area contributed by atoms with Gasteiger partial charge in [-0.1, -0.05) is 33.8 Å². The van der Waals surface area contributed by atoms with E-state index in [0.29, 0.717) is 27.0 Å². The van der Waals surface area contributed by atoms with Crippen LogP contribution in [-0.2, 0) is 4.79 Å². The number of hydrogen-bond acceptors (Lipinski definition) is 6. The number of anilines is 1. The molecule has 1 unspecified atom stereocenters. The molecule has 1 atom stereocenters. The van der Waals surface area contributed by atoms with Crippen molar-refractivity contribution in [3.63, 3.8) is 0 Å². The molecule has 170 valence electrons. The Morgan fingerprint density at radius 2 is 1.94 bits per heavy atom. The van der Waals surface area contributed by atoms with E-state index in [1.165, 1.54) is 23.9 Å². The number of ether oxygens (including phenoxy) is 2. The molecule has 1 heterocycles. The average Bonchev–Trinajstić information content (AvgIpc) is 3.19. The Hall–Kier alpha value is -2.59. The van der Waals surface area contributed by atoms with Gasteiger partial charge in [-0.3, -0.25) is 4.79 Å². The largest absolute Gasteiger partial charge is 0.497 e. The number of hydrogen-bond donors (Lipinski definition) is 1. The third-order valence-electron chi connectivity index (χ3n) is 4.46. The summed E-state index contributed by atoms with van der Waals surface area (Å²) in [4.78, 5) is 12.3. The molecular weight excluding hydrogens is 499 g/mol. The number of methoxy groups -OCH3 is 1. The van der Waals surface area contributed by atoms with Gasteiger partial charge in [-0.05, 0) is 51.1 Å². The van der Waals surface area contributed by atoms with Crippen molar-refractivity contribution in [1.82, 2.24) is 14.8 Å². The van der Waals surface area contributed by atoms with Gasteiger partial charge in [0.15, 0.2) is 17.1 Å². The molecule has 0 bridgehead atoms. The number of rotatable bonds is 9. The zero-order valence-electron chi connectivity index (χ0n) is 18.1. The van der Waals surface area contributed by atoms with Gasteiger partial charge in [-0.25, -0.2) is 4.39 Å². The lowest BCUT2D eigenvalue weighted by molar-refractivity contribution is -0.113. The monoisotopic (exact) mass is 522 g/mol. The molecule has 0 fully saturated rings. The van der Waals surface area contributed by atoms with Crippen molar-refractivity contribution in [2.24, 2.45) is 0 Å². The quantitative estimate of drug-likeness (QED) is 0.366. The third-order valence-corrected chi connectivity index (χ3v) is 5.90. The molecule has 0 spiro atoms. The van der Waals surface area contributed by atoms with Crippen LogP contribution >= 0.6 is 27.7 Å². The van der Waals surface area contributed by atoms with Crippen molar-refractivity contribution in [3.8, 4) is 11.5 Å². The summed E-state index contributed by atoms with van der Waals surface area (Å²) in [5.41, 5.74) is 0.130. The predicted octanol–water partition coefficient (Wildman–Crippen LogP) is 5.64. The van der Waals surface area contributed by atoms with Crippen LogP contribution < -0.4 is 14.8 Å². The molecule has 0 aliphatic rings. The van der Waals surface area contributed by atoms with E-state index >= 15 is 0 Å². The van der Waals surface area contributed by atoms with Crippen LogP contribution in [0, 0.1) is 5.82 Å². The zero-order chi connectivity index (χ0) is 23.3. The fraction of sp³-hybridized carbons (Fsp3) is 0.318. The molecule has 2 aromatic carbocycles. The van der Waals surface area contributed by atoms with Crippen LogP contribution in [0.1, 0.15) is 38.7 Å². The van der Waals surface area contributed by atoms with Crippen molar-refractivity contribution in [1.29, 1.82) is 0 Å². The lowest BCUT2D eigenvalue weighted by Crippen LogP contribution is -2.17. The van der Waals surface area contributed by atoms with E-state index < -0.39 is 5.82 Å². The summed E-state index contributed by atoms with van der Waals surface area (Å²) in [7, 11) is 1.60. The SMILES string of the molecule is COc1cccc(OC(C)c2nnc(SCC(=O)Nc3ccc(Br)cc3F)n2C(C)C)c1. The topological polar surface area (TPSA) is 78.3 Å².